The average Bonchev–Trinajstić information content (AvgIpc) is 2.86. The fraction of sp³-hybridized carbons (Fsp3) is 0.579. The number of nitrogens with zero attached hydrogens (tertiary/aromatic N) is 3. The normalized spacial score (nSPS) is 18.4. The summed E-state index contributed by atoms with van der Waals surface area (Å²) in [5.41, 5.74) is 2.82. The van der Waals surface area contributed by atoms with Gasteiger partial charge in [0.25, 0.3) is 5.91 Å². The number of benzene rings is 1. The molecule has 1 fully saturated rings. The van der Waals surface area contributed by atoms with Gasteiger partial charge in [-0.15, -0.1) is 0 Å². The van der Waals surface area contributed by atoms with Gasteiger partial charge in [0.15, 0.2) is 0 Å². The van der Waals surface area contributed by atoms with Gasteiger partial charge in [-0.25, -0.2) is 0 Å². The Hall–Kier alpha value is -1.88. The Kier molecular flexibility index (Phi) is 5.19. The minimum Gasteiger partial charge on any atom is -0.337 e. The molecule has 3 rings (SSSR count). The van der Waals surface area contributed by atoms with Gasteiger partial charge in [0.05, 0.1) is 0 Å². The van der Waals surface area contributed by atoms with Gasteiger partial charge in [0.1, 0.15) is 0 Å². The van der Waals surface area contributed by atoms with Crippen LogP contribution < -0.4 is 4.90 Å². The molecule has 130 valence electrons. The van der Waals surface area contributed by atoms with E-state index >= 15 is 0 Å². The molecule has 2 aliphatic rings. The Labute approximate surface area is 144 Å². The van der Waals surface area contributed by atoms with Crippen LogP contribution in [0.25, 0.3) is 0 Å². The van der Waals surface area contributed by atoms with E-state index in [0.29, 0.717) is 0 Å². The predicted molar refractivity (Wildman–Crippen MR) is 95.4 cm³/mol. The topological polar surface area (TPSA) is 43.9 Å². The quantitative estimate of drug-likeness (QED) is 0.853. The summed E-state index contributed by atoms with van der Waals surface area (Å²) < 4.78 is 0. The number of anilines is 1. The van der Waals surface area contributed by atoms with Crippen LogP contribution in [-0.2, 0) is 11.2 Å². The van der Waals surface area contributed by atoms with Crippen LogP contribution in [0.2, 0.25) is 0 Å². The number of carbonyl (C=O) groups excluding carboxylic acids is 2. The molecular weight excluding hydrogens is 302 g/mol. The molecule has 0 aliphatic carbocycles. The van der Waals surface area contributed by atoms with Gasteiger partial charge in [-0.05, 0) is 56.1 Å². The summed E-state index contributed by atoms with van der Waals surface area (Å²) in [6.07, 6.45) is 3.03. The zero-order chi connectivity index (χ0) is 17.1. The van der Waals surface area contributed by atoms with Gasteiger partial charge in [-0.3, -0.25) is 9.59 Å². The minimum atomic E-state index is 0.0661. The average molecular weight is 329 g/mol. The van der Waals surface area contributed by atoms with Crippen LogP contribution in [0.3, 0.4) is 0 Å². The van der Waals surface area contributed by atoms with Crippen LogP contribution in [0.1, 0.15) is 42.6 Å². The highest BCUT2D eigenvalue weighted by molar-refractivity contribution is 5.97. The zero-order valence-electron chi connectivity index (χ0n) is 14.8. The summed E-state index contributed by atoms with van der Waals surface area (Å²) >= 11 is 0. The van der Waals surface area contributed by atoms with Gasteiger partial charge in [-0.1, -0.05) is 6.92 Å². The lowest BCUT2D eigenvalue weighted by atomic mass is 10.1. The van der Waals surface area contributed by atoms with Crippen LogP contribution in [-0.4, -0.2) is 60.9 Å². The van der Waals surface area contributed by atoms with Crippen molar-refractivity contribution in [3.8, 4) is 0 Å². The van der Waals surface area contributed by atoms with Crippen LogP contribution in [0, 0.1) is 0 Å². The van der Waals surface area contributed by atoms with Crippen molar-refractivity contribution in [1.82, 2.24) is 9.80 Å². The summed E-state index contributed by atoms with van der Waals surface area (Å²) in [6, 6.07) is 5.78. The first kappa shape index (κ1) is 17.0. The molecule has 2 heterocycles. The molecule has 0 spiro atoms. The van der Waals surface area contributed by atoms with Gasteiger partial charge in [-0.2, -0.15) is 0 Å². The van der Waals surface area contributed by atoms with Crippen molar-refractivity contribution < 1.29 is 9.59 Å². The van der Waals surface area contributed by atoms with E-state index in [0.717, 1.165) is 75.3 Å². The van der Waals surface area contributed by atoms with Gasteiger partial charge in [0.2, 0.25) is 5.91 Å². The second kappa shape index (κ2) is 7.34. The largest absolute Gasteiger partial charge is 0.337 e. The van der Waals surface area contributed by atoms with Crippen LogP contribution in [0.4, 0.5) is 5.69 Å². The van der Waals surface area contributed by atoms with Gasteiger partial charge in [0, 0.05) is 44.4 Å². The monoisotopic (exact) mass is 329 g/mol. The summed E-state index contributed by atoms with van der Waals surface area (Å²) in [5, 5.41) is 0. The van der Waals surface area contributed by atoms with Crippen molar-refractivity contribution >= 4 is 17.5 Å². The first-order valence-electron chi connectivity index (χ1n) is 9.03. The van der Waals surface area contributed by atoms with Gasteiger partial charge < -0.3 is 14.7 Å². The van der Waals surface area contributed by atoms with E-state index < -0.39 is 0 Å². The fourth-order valence-corrected chi connectivity index (χ4v) is 3.76. The molecule has 0 N–H and O–H groups in total. The van der Waals surface area contributed by atoms with Crippen molar-refractivity contribution in [3.63, 3.8) is 0 Å². The summed E-state index contributed by atoms with van der Waals surface area (Å²) in [6.45, 7) is 9.29. The van der Waals surface area contributed by atoms with Crippen LogP contribution in [0.15, 0.2) is 18.2 Å². The van der Waals surface area contributed by atoms with E-state index in [1.165, 1.54) is 0 Å². The molecule has 5 nitrogen and oxygen atoms in total. The molecular formula is C19H27N3O2. The lowest BCUT2D eigenvalue weighted by Gasteiger charge is -2.22. The Morgan fingerprint density at radius 1 is 1.08 bits per heavy atom. The van der Waals surface area contributed by atoms with Crippen LogP contribution in [0.5, 0.6) is 0 Å². The van der Waals surface area contributed by atoms with Crippen molar-refractivity contribution in [1.29, 1.82) is 0 Å². The molecule has 0 aromatic heterocycles. The molecule has 5 heteroatoms. The van der Waals surface area contributed by atoms with E-state index in [1.807, 2.05) is 23.1 Å². The predicted octanol–water partition coefficient (Wildman–Crippen LogP) is 2.15. The van der Waals surface area contributed by atoms with E-state index in [-0.39, 0.29) is 11.8 Å². The summed E-state index contributed by atoms with van der Waals surface area (Å²) in [7, 11) is 0. The Bertz CT molecular complexity index is 629. The molecule has 0 saturated carbocycles. The Morgan fingerprint density at radius 2 is 1.92 bits per heavy atom. The first-order chi connectivity index (χ1) is 11.6. The molecule has 24 heavy (non-hydrogen) atoms. The number of hydrogen-bond donors (Lipinski definition) is 0. The summed E-state index contributed by atoms with van der Waals surface area (Å²) in [5.74, 6) is 0.189. The van der Waals surface area contributed by atoms with E-state index in [2.05, 4.69) is 11.8 Å². The number of hydrogen-bond acceptors (Lipinski definition) is 3. The highest BCUT2D eigenvalue weighted by Gasteiger charge is 2.25. The van der Waals surface area contributed by atoms with Gasteiger partial charge >= 0.3 is 0 Å². The van der Waals surface area contributed by atoms with Crippen LogP contribution >= 0.6 is 0 Å². The van der Waals surface area contributed by atoms with Crippen molar-refractivity contribution in [2.45, 2.75) is 33.1 Å². The highest BCUT2D eigenvalue weighted by atomic mass is 16.2. The Morgan fingerprint density at radius 3 is 2.67 bits per heavy atom. The smallest absolute Gasteiger partial charge is 0.253 e. The molecule has 0 bridgehead atoms. The number of fused-ring (bicyclic) bond motifs is 1. The number of rotatable bonds is 3. The zero-order valence-corrected chi connectivity index (χ0v) is 14.8. The molecule has 0 radical (unpaired) electrons. The Balaban J connectivity index is 1.71. The fourth-order valence-electron chi connectivity index (χ4n) is 3.76. The lowest BCUT2D eigenvalue weighted by Crippen LogP contribution is -2.35. The third-order valence-corrected chi connectivity index (χ3v) is 5.02. The molecule has 2 amide bonds. The maximum Gasteiger partial charge on any atom is 0.253 e. The van der Waals surface area contributed by atoms with E-state index in [4.69, 9.17) is 0 Å². The highest BCUT2D eigenvalue weighted by Crippen LogP contribution is 2.29. The van der Waals surface area contributed by atoms with Crippen molar-refractivity contribution in [2.75, 3.05) is 44.2 Å². The van der Waals surface area contributed by atoms with Crippen molar-refractivity contribution in [3.05, 3.63) is 29.3 Å². The lowest BCUT2D eigenvalue weighted by molar-refractivity contribution is -0.116. The SMILES string of the molecule is CCCN1CCCN(C(=O)c2ccc3c(c2)CCN3C(C)=O)CC1. The number of carbonyl (C=O) groups is 2. The standard InChI is InChI=1S/C19H27N3O2/c1-3-8-20-9-4-10-21(13-12-20)19(24)17-5-6-18-16(14-17)7-11-22(18)15(2)23/h5-6,14H,3-4,7-13H2,1-2H3. The maximum absolute atomic E-state index is 12.9. The minimum absolute atomic E-state index is 0.0661. The molecule has 1 aromatic carbocycles. The summed E-state index contributed by atoms with van der Waals surface area (Å²) in [4.78, 5) is 30.7. The third-order valence-electron chi connectivity index (χ3n) is 5.02. The van der Waals surface area contributed by atoms with Crippen molar-refractivity contribution in [2.24, 2.45) is 0 Å². The first-order valence-corrected chi connectivity index (χ1v) is 9.03. The van der Waals surface area contributed by atoms with E-state index in [9.17, 15) is 9.59 Å². The van der Waals surface area contributed by atoms with E-state index in [1.54, 1.807) is 11.8 Å². The third kappa shape index (κ3) is 3.46. The number of amides is 2. The second-order valence-electron chi connectivity index (χ2n) is 6.75. The maximum atomic E-state index is 12.9. The molecule has 0 atom stereocenters. The molecule has 2 aliphatic heterocycles. The molecule has 1 saturated heterocycles. The molecule has 0 unspecified atom stereocenters. The second-order valence-corrected chi connectivity index (χ2v) is 6.75. The molecule has 1 aromatic rings.